The Morgan fingerprint density at radius 2 is 1.52 bits per heavy atom. The molecule has 0 unspecified atom stereocenters. The number of hydrogen-bond donors (Lipinski definition) is 0. The van der Waals surface area contributed by atoms with E-state index in [1.54, 1.807) is 0 Å². The van der Waals surface area contributed by atoms with E-state index in [2.05, 4.69) is 56.2 Å². The van der Waals surface area contributed by atoms with Crippen molar-refractivity contribution in [3.05, 3.63) is 0 Å². The zero-order valence-electron chi connectivity index (χ0n) is 17.6. The zero-order valence-corrected chi connectivity index (χ0v) is 17.6. The molecule has 2 aliphatic rings. The molecule has 2 rings (SSSR count). The fourth-order valence-corrected chi connectivity index (χ4v) is 4.68. The molecule has 2 saturated heterocycles. The van der Waals surface area contributed by atoms with Crippen LogP contribution in [0.5, 0.6) is 0 Å². The Morgan fingerprint density at radius 1 is 0.960 bits per heavy atom. The highest BCUT2D eigenvalue weighted by Gasteiger charge is 2.34. The molecule has 0 aromatic carbocycles. The summed E-state index contributed by atoms with van der Waals surface area (Å²) in [5.74, 6) is 1.70. The van der Waals surface area contributed by atoms with Gasteiger partial charge in [0.2, 0.25) is 5.91 Å². The van der Waals surface area contributed by atoms with Crippen LogP contribution in [0.2, 0.25) is 0 Å². The van der Waals surface area contributed by atoms with Gasteiger partial charge in [-0.25, -0.2) is 0 Å². The highest BCUT2D eigenvalue weighted by Crippen LogP contribution is 2.30. The minimum Gasteiger partial charge on any atom is -0.342 e. The van der Waals surface area contributed by atoms with Crippen LogP contribution in [0.15, 0.2) is 0 Å². The minimum absolute atomic E-state index is 0.214. The van der Waals surface area contributed by atoms with Gasteiger partial charge in [-0.1, -0.05) is 27.7 Å². The van der Waals surface area contributed by atoms with Crippen LogP contribution in [-0.4, -0.2) is 72.5 Å². The highest BCUT2D eigenvalue weighted by molar-refractivity contribution is 5.82. The summed E-state index contributed by atoms with van der Waals surface area (Å²) in [7, 11) is 0. The van der Waals surface area contributed by atoms with Crippen molar-refractivity contribution in [2.24, 2.45) is 17.3 Å². The third kappa shape index (κ3) is 5.96. The summed E-state index contributed by atoms with van der Waals surface area (Å²) in [6.07, 6.45) is 3.33. The monoisotopic (exact) mass is 351 g/mol. The molecular formula is C21H41N3O. The van der Waals surface area contributed by atoms with Crippen LogP contribution >= 0.6 is 0 Å². The second-order valence-electron chi connectivity index (χ2n) is 9.65. The molecule has 0 bridgehead atoms. The van der Waals surface area contributed by atoms with Gasteiger partial charge in [-0.2, -0.15) is 0 Å². The van der Waals surface area contributed by atoms with Gasteiger partial charge in [0.1, 0.15) is 0 Å². The average Bonchev–Trinajstić information content (AvgIpc) is 2.54. The highest BCUT2D eigenvalue weighted by atomic mass is 16.2. The Kier molecular flexibility index (Phi) is 7.33. The summed E-state index contributed by atoms with van der Waals surface area (Å²) >= 11 is 0. The van der Waals surface area contributed by atoms with Crippen molar-refractivity contribution in [1.29, 1.82) is 0 Å². The zero-order chi connectivity index (χ0) is 18.6. The molecule has 0 atom stereocenters. The van der Waals surface area contributed by atoms with E-state index in [1.165, 1.54) is 45.6 Å². The first-order valence-electron chi connectivity index (χ1n) is 10.4. The fourth-order valence-electron chi connectivity index (χ4n) is 4.68. The van der Waals surface area contributed by atoms with E-state index in [4.69, 9.17) is 0 Å². The van der Waals surface area contributed by atoms with Crippen molar-refractivity contribution in [3.63, 3.8) is 0 Å². The number of amides is 1. The third-order valence-corrected chi connectivity index (χ3v) is 6.05. The molecular weight excluding hydrogens is 310 g/mol. The number of carbonyl (C=O) groups is 1. The molecule has 0 radical (unpaired) electrons. The number of carbonyl (C=O) groups excluding carboxylic acids is 1. The van der Waals surface area contributed by atoms with E-state index in [0.29, 0.717) is 17.9 Å². The van der Waals surface area contributed by atoms with E-state index < -0.39 is 0 Å². The Bertz CT molecular complexity index is 417. The topological polar surface area (TPSA) is 26.8 Å². The van der Waals surface area contributed by atoms with Gasteiger partial charge in [-0.3, -0.25) is 9.69 Å². The molecule has 0 aromatic rings. The molecule has 4 nitrogen and oxygen atoms in total. The lowest BCUT2D eigenvalue weighted by atomic mass is 9.82. The Labute approximate surface area is 155 Å². The predicted octanol–water partition coefficient (Wildman–Crippen LogP) is 3.32. The average molecular weight is 352 g/mol. The molecule has 2 aliphatic heterocycles. The van der Waals surface area contributed by atoms with Gasteiger partial charge in [0.05, 0.1) is 0 Å². The SMILES string of the molecule is CC(C)CC(C)(C)C(=O)N1CCC(CN2CCN(C(C)C)CC2)CC1. The molecule has 0 spiro atoms. The van der Waals surface area contributed by atoms with Gasteiger partial charge < -0.3 is 9.80 Å². The number of piperazine rings is 1. The summed E-state index contributed by atoms with van der Waals surface area (Å²) < 4.78 is 0. The van der Waals surface area contributed by atoms with Crippen LogP contribution in [-0.2, 0) is 4.79 Å². The number of piperidine rings is 1. The quantitative estimate of drug-likeness (QED) is 0.734. The molecule has 0 saturated carbocycles. The van der Waals surface area contributed by atoms with Gasteiger partial charge in [-0.15, -0.1) is 0 Å². The maximum atomic E-state index is 12.9. The second kappa shape index (κ2) is 8.85. The van der Waals surface area contributed by atoms with E-state index in [0.717, 1.165) is 25.4 Å². The van der Waals surface area contributed by atoms with E-state index in [1.807, 2.05) is 0 Å². The first-order valence-corrected chi connectivity index (χ1v) is 10.4. The van der Waals surface area contributed by atoms with Gasteiger partial charge >= 0.3 is 0 Å². The van der Waals surface area contributed by atoms with Crippen LogP contribution in [0.4, 0.5) is 0 Å². The summed E-state index contributed by atoms with van der Waals surface area (Å²) in [4.78, 5) is 20.2. The Hall–Kier alpha value is -0.610. The van der Waals surface area contributed by atoms with Crippen molar-refractivity contribution in [2.75, 3.05) is 45.8 Å². The maximum absolute atomic E-state index is 12.9. The Balaban J connectivity index is 1.74. The van der Waals surface area contributed by atoms with Crippen molar-refractivity contribution in [2.45, 2.75) is 66.8 Å². The summed E-state index contributed by atoms with van der Waals surface area (Å²) in [5.41, 5.74) is -0.214. The summed E-state index contributed by atoms with van der Waals surface area (Å²) in [5, 5.41) is 0. The van der Waals surface area contributed by atoms with E-state index >= 15 is 0 Å². The summed E-state index contributed by atoms with van der Waals surface area (Å²) in [6.45, 7) is 21.2. The molecule has 4 heteroatoms. The summed E-state index contributed by atoms with van der Waals surface area (Å²) in [6, 6.07) is 0.672. The van der Waals surface area contributed by atoms with Crippen molar-refractivity contribution < 1.29 is 4.79 Å². The standard InChI is InChI=1S/C21H41N3O/c1-17(2)15-21(5,6)20(25)24-9-7-19(8-10-24)16-22-11-13-23(14-12-22)18(3)4/h17-19H,7-16H2,1-6H3. The van der Waals surface area contributed by atoms with Gasteiger partial charge in [0.25, 0.3) is 0 Å². The van der Waals surface area contributed by atoms with Crippen molar-refractivity contribution in [3.8, 4) is 0 Å². The molecule has 25 heavy (non-hydrogen) atoms. The van der Waals surface area contributed by atoms with Gasteiger partial charge in [-0.05, 0) is 44.9 Å². The lowest BCUT2D eigenvalue weighted by molar-refractivity contribution is -0.142. The lowest BCUT2D eigenvalue weighted by Gasteiger charge is -2.41. The predicted molar refractivity (Wildman–Crippen MR) is 106 cm³/mol. The second-order valence-corrected chi connectivity index (χ2v) is 9.65. The van der Waals surface area contributed by atoms with Crippen molar-refractivity contribution in [1.82, 2.24) is 14.7 Å². The van der Waals surface area contributed by atoms with Crippen LogP contribution in [0.3, 0.4) is 0 Å². The largest absolute Gasteiger partial charge is 0.342 e. The first-order chi connectivity index (χ1) is 11.7. The fraction of sp³-hybridized carbons (Fsp3) is 0.952. The third-order valence-electron chi connectivity index (χ3n) is 6.05. The van der Waals surface area contributed by atoms with E-state index in [9.17, 15) is 4.79 Å². The van der Waals surface area contributed by atoms with Crippen LogP contribution in [0, 0.1) is 17.3 Å². The minimum atomic E-state index is -0.214. The number of rotatable bonds is 6. The molecule has 0 N–H and O–H groups in total. The number of hydrogen-bond acceptors (Lipinski definition) is 3. The molecule has 2 heterocycles. The number of nitrogens with zero attached hydrogens (tertiary/aromatic N) is 3. The normalized spacial score (nSPS) is 22.2. The van der Waals surface area contributed by atoms with Gasteiger partial charge in [0.15, 0.2) is 0 Å². The Morgan fingerprint density at radius 3 is 2.00 bits per heavy atom. The molecule has 146 valence electrons. The smallest absolute Gasteiger partial charge is 0.228 e. The molecule has 1 amide bonds. The van der Waals surface area contributed by atoms with Crippen LogP contribution in [0.1, 0.15) is 60.8 Å². The molecule has 0 aliphatic carbocycles. The molecule has 2 fully saturated rings. The lowest BCUT2D eigenvalue weighted by Crippen LogP contribution is -2.51. The number of likely N-dealkylation sites (tertiary alicyclic amines) is 1. The van der Waals surface area contributed by atoms with Crippen LogP contribution < -0.4 is 0 Å². The molecule has 0 aromatic heterocycles. The first kappa shape index (κ1) is 20.7. The maximum Gasteiger partial charge on any atom is 0.228 e. The van der Waals surface area contributed by atoms with Crippen molar-refractivity contribution >= 4 is 5.91 Å². The van der Waals surface area contributed by atoms with Gasteiger partial charge in [0, 0.05) is 57.3 Å². The van der Waals surface area contributed by atoms with E-state index in [-0.39, 0.29) is 5.41 Å². The van der Waals surface area contributed by atoms with Crippen LogP contribution in [0.25, 0.3) is 0 Å².